The molecule has 2 N–H and O–H groups in total. The molecular formula is C25H26N2O5S. The molecule has 3 aromatic carbocycles. The second-order valence-corrected chi connectivity index (χ2v) is 9.07. The van der Waals surface area contributed by atoms with Crippen LogP contribution in [0.3, 0.4) is 0 Å². The van der Waals surface area contributed by atoms with E-state index >= 15 is 0 Å². The first-order valence-corrected chi connectivity index (χ1v) is 11.6. The van der Waals surface area contributed by atoms with E-state index in [9.17, 15) is 13.2 Å². The Bertz CT molecular complexity index is 1280. The molecule has 0 unspecified atom stereocenters. The molecule has 1 amide bonds. The summed E-state index contributed by atoms with van der Waals surface area (Å²) in [7, 11) is -0.658. The number of ether oxygens (including phenoxy) is 2. The summed E-state index contributed by atoms with van der Waals surface area (Å²) >= 11 is 0. The number of hydrogen-bond acceptors (Lipinski definition) is 5. The van der Waals surface area contributed by atoms with Crippen LogP contribution in [0.2, 0.25) is 0 Å². The highest BCUT2D eigenvalue weighted by atomic mass is 32.2. The zero-order valence-electron chi connectivity index (χ0n) is 18.9. The molecule has 0 aliphatic carbocycles. The fraction of sp³-hybridized carbons (Fsp3) is 0.160. The van der Waals surface area contributed by atoms with Crippen molar-refractivity contribution in [3.05, 3.63) is 83.4 Å². The van der Waals surface area contributed by atoms with Crippen molar-refractivity contribution in [1.29, 1.82) is 0 Å². The van der Waals surface area contributed by atoms with Gasteiger partial charge in [0.25, 0.3) is 10.0 Å². The van der Waals surface area contributed by atoms with E-state index in [0.717, 1.165) is 16.7 Å². The van der Waals surface area contributed by atoms with Gasteiger partial charge in [-0.15, -0.1) is 0 Å². The van der Waals surface area contributed by atoms with E-state index in [1.54, 1.807) is 56.7 Å². The number of methoxy groups -OCH3 is 2. The number of rotatable bonds is 8. The number of carbonyl (C=O) groups is 1. The summed E-state index contributed by atoms with van der Waals surface area (Å²) in [4.78, 5) is 12.4. The lowest BCUT2D eigenvalue weighted by Crippen LogP contribution is -2.14. The molecule has 172 valence electrons. The van der Waals surface area contributed by atoms with Gasteiger partial charge < -0.3 is 14.8 Å². The third-order valence-corrected chi connectivity index (χ3v) is 6.27. The Morgan fingerprint density at radius 3 is 2.21 bits per heavy atom. The molecular weight excluding hydrogens is 440 g/mol. The van der Waals surface area contributed by atoms with Gasteiger partial charge in [0.15, 0.2) is 11.5 Å². The summed E-state index contributed by atoms with van der Waals surface area (Å²) in [5, 5.41) is 2.71. The topological polar surface area (TPSA) is 93.7 Å². The molecule has 0 saturated heterocycles. The smallest absolute Gasteiger partial charge is 0.261 e. The number of amides is 1. The van der Waals surface area contributed by atoms with Gasteiger partial charge in [-0.3, -0.25) is 9.52 Å². The lowest BCUT2D eigenvalue weighted by molar-refractivity contribution is -0.111. The van der Waals surface area contributed by atoms with E-state index in [1.165, 1.54) is 18.2 Å². The van der Waals surface area contributed by atoms with E-state index < -0.39 is 10.0 Å². The van der Waals surface area contributed by atoms with Crippen molar-refractivity contribution in [2.24, 2.45) is 0 Å². The third kappa shape index (κ3) is 6.14. The van der Waals surface area contributed by atoms with Crippen molar-refractivity contribution in [3.63, 3.8) is 0 Å². The van der Waals surface area contributed by atoms with Crippen LogP contribution in [0.1, 0.15) is 16.7 Å². The van der Waals surface area contributed by atoms with Crippen LogP contribution in [0.4, 0.5) is 11.4 Å². The summed E-state index contributed by atoms with van der Waals surface area (Å²) in [6.45, 7) is 3.79. The van der Waals surface area contributed by atoms with Gasteiger partial charge in [-0.05, 0) is 73.5 Å². The minimum Gasteiger partial charge on any atom is -0.493 e. The Morgan fingerprint density at radius 2 is 1.58 bits per heavy atom. The van der Waals surface area contributed by atoms with E-state index in [0.29, 0.717) is 22.9 Å². The van der Waals surface area contributed by atoms with Gasteiger partial charge >= 0.3 is 0 Å². The number of sulfonamides is 1. The molecule has 0 spiro atoms. The van der Waals surface area contributed by atoms with Crippen LogP contribution in [0.25, 0.3) is 6.08 Å². The Morgan fingerprint density at radius 1 is 0.879 bits per heavy atom. The monoisotopic (exact) mass is 466 g/mol. The summed E-state index contributed by atoms with van der Waals surface area (Å²) in [5.74, 6) is 0.807. The van der Waals surface area contributed by atoms with Gasteiger partial charge in [0.1, 0.15) is 0 Å². The third-order valence-electron chi connectivity index (χ3n) is 4.89. The highest BCUT2D eigenvalue weighted by Gasteiger charge is 2.15. The Balaban J connectivity index is 1.66. The van der Waals surface area contributed by atoms with Crippen molar-refractivity contribution >= 4 is 33.4 Å². The van der Waals surface area contributed by atoms with Crippen molar-refractivity contribution < 1.29 is 22.7 Å². The Labute approximate surface area is 194 Å². The van der Waals surface area contributed by atoms with Crippen LogP contribution >= 0.6 is 0 Å². The maximum Gasteiger partial charge on any atom is 0.261 e. The van der Waals surface area contributed by atoms with Crippen LogP contribution < -0.4 is 19.5 Å². The Hall–Kier alpha value is -3.78. The largest absolute Gasteiger partial charge is 0.493 e. The molecule has 3 rings (SSSR count). The van der Waals surface area contributed by atoms with E-state index in [1.807, 2.05) is 26.0 Å². The van der Waals surface area contributed by atoms with Crippen molar-refractivity contribution in [1.82, 2.24) is 0 Å². The standard InChI is InChI=1S/C25H26N2O5S/c1-17-5-12-22(18(2)15-17)27-33(29,30)21-10-8-20(9-11-21)26-25(28)14-7-19-6-13-23(31-3)24(16-19)32-4/h5-16,27H,1-4H3,(H,26,28). The molecule has 0 heterocycles. The highest BCUT2D eigenvalue weighted by Crippen LogP contribution is 2.28. The van der Waals surface area contributed by atoms with Crippen LogP contribution in [0.15, 0.2) is 71.6 Å². The van der Waals surface area contributed by atoms with Gasteiger partial charge in [0, 0.05) is 11.8 Å². The molecule has 0 aromatic heterocycles. The molecule has 0 aliphatic rings. The number of aryl methyl sites for hydroxylation is 2. The lowest BCUT2D eigenvalue weighted by Gasteiger charge is -2.11. The van der Waals surface area contributed by atoms with Crippen LogP contribution in [0, 0.1) is 13.8 Å². The zero-order valence-corrected chi connectivity index (χ0v) is 19.7. The van der Waals surface area contributed by atoms with Crippen LogP contribution in [0.5, 0.6) is 11.5 Å². The van der Waals surface area contributed by atoms with Crippen molar-refractivity contribution in [2.75, 3.05) is 24.3 Å². The number of benzene rings is 3. The predicted molar refractivity (Wildman–Crippen MR) is 130 cm³/mol. The lowest BCUT2D eigenvalue weighted by atomic mass is 10.1. The minimum absolute atomic E-state index is 0.0985. The number of hydrogen-bond donors (Lipinski definition) is 2. The second kappa shape index (κ2) is 10.2. The molecule has 33 heavy (non-hydrogen) atoms. The van der Waals surface area contributed by atoms with Gasteiger partial charge in [-0.1, -0.05) is 23.8 Å². The van der Waals surface area contributed by atoms with E-state index in [2.05, 4.69) is 10.0 Å². The van der Waals surface area contributed by atoms with Gasteiger partial charge in [-0.2, -0.15) is 0 Å². The first-order valence-electron chi connectivity index (χ1n) is 10.1. The summed E-state index contributed by atoms with van der Waals surface area (Å²) in [6.07, 6.45) is 3.03. The maximum absolute atomic E-state index is 12.7. The normalized spacial score (nSPS) is 11.3. The average Bonchev–Trinajstić information content (AvgIpc) is 2.79. The molecule has 0 fully saturated rings. The molecule has 0 aliphatic heterocycles. The predicted octanol–water partition coefficient (Wildman–Crippen LogP) is 4.77. The number of nitrogens with one attached hydrogen (secondary N) is 2. The summed E-state index contributed by atoms with van der Waals surface area (Å²) in [6, 6.07) is 16.8. The van der Waals surface area contributed by atoms with Crippen LogP contribution in [-0.4, -0.2) is 28.5 Å². The molecule has 0 atom stereocenters. The van der Waals surface area contributed by atoms with Crippen molar-refractivity contribution in [2.45, 2.75) is 18.7 Å². The zero-order chi connectivity index (χ0) is 24.0. The fourth-order valence-electron chi connectivity index (χ4n) is 3.16. The van der Waals surface area contributed by atoms with Crippen LogP contribution in [-0.2, 0) is 14.8 Å². The van der Waals surface area contributed by atoms with Crippen molar-refractivity contribution in [3.8, 4) is 11.5 Å². The summed E-state index contributed by atoms with van der Waals surface area (Å²) in [5.41, 5.74) is 3.65. The van der Waals surface area contributed by atoms with Gasteiger partial charge in [0.05, 0.1) is 24.8 Å². The molecule has 0 saturated carbocycles. The van der Waals surface area contributed by atoms with Gasteiger partial charge in [0.2, 0.25) is 5.91 Å². The Kier molecular flexibility index (Phi) is 7.40. The average molecular weight is 467 g/mol. The quantitative estimate of drug-likeness (QED) is 0.466. The number of anilines is 2. The van der Waals surface area contributed by atoms with E-state index in [4.69, 9.17) is 9.47 Å². The first-order chi connectivity index (χ1) is 15.7. The SMILES string of the molecule is COc1ccc(C=CC(=O)Nc2ccc(S(=O)(=O)Nc3ccc(C)cc3C)cc2)cc1OC. The fourth-order valence-corrected chi connectivity index (χ4v) is 4.29. The van der Waals surface area contributed by atoms with Gasteiger partial charge in [-0.25, -0.2) is 8.42 Å². The maximum atomic E-state index is 12.7. The second-order valence-electron chi connectivity index (χ2n) is 7.39. The highest BCUT2D eigenvalue weighted by molar-refractivity contribution is 7.92. The molecule has 3 aromatic rings. The molecule has 8 heteroatoms. The first kappa shape index (κ1) is 23.9. The molecule has 0 bridgehead atoms. The molecule has 0 radical (unpaired) electrons. The number of carbonyl (C=O) groups excluding carboxylic acids is 1. The molecule has 7 nitrogen and oxygen atoms in total. The summed E-state index contributed by atoms with van der Waals surface area (Å²) < 4.78 is 38.5. The van der Waals surface area contributed by atoms with E-state index in [-0.39, 0.29) is 10.8 Å². The minimum atomic E-state index is -3.75.